The monoisotopic (exact) mass is 208 g/mol. The van der Waals surface area contributed by atoms with Gasteiger partial charge in [-0.3, -0.25) is 8.42 Å². The van der Waals surface area contributed by atoms with Crippen molar-refractivity contribution in [3.8, 4) is 0 Å². The second kappa shape index (κ2) is 9.74. The van der Waals surface area contributed by atoms with Crippen LogP contribution in [0.2, 0.25) is 0 Å². The van der Waals surface area contributed by atoms with Gasteiger partial charge < -0.3 is 22.6 Å². The summed E-state index contributed by atoms with van der Waals surface area (Å²) in [6.45, 7) is 0. The summed E-state index contributed by atoms with van der Waals surface area (Å²) in [4.78, 5) is 0. The van der Waals surface area contributed by atoms with Gasteiger partial charge in [0.2, 0.25) is 0 Å². The summed E-state index contributed by atoms with van der Waals surface area (Å²) in [7, 11) is -5.17. The molecule has 0 rings (SSSR count). The number of rotatable bonds is 0. The Morgan fingerprint density at radius 3 is 1.00 bits per heavy atom. The largest absolute Gasteiger partial charge is 2.00 e. The molecule has 0 saturated carbocycles. The summed E-state index contributed by atoms with van der Waals surface area (Å²) < 4.78 is 34.1. The van der Waals surface area contributed by atoms with Crippen LogP contribution in [0.15, 0.2) is 0 Å². The van der Waals surface area contributed by atoms with Crippen molar-refractivity contribution in [3.05, 3.63) is 0 Å². The van der Waals surface area contributed by atoms with E-state index in [1.54, 1.807) is 0 Å². The molecular weight excluding hydrogens is 208 g/mol. The number of hydrogen-bond donors (Lipinski definition) is 0. The fourth-order valence-electron chi connectivity index (χ4n) is 0. The zero-order chi connectivity index (χ0) is 4.50. The molecule has 40 valence electrons. The summed E-state index contributed by atoms with van der Waals surface area (Å²) in [6, 6.07) is 0. The average molecular weight is 208 g/mol. The van der Waals surface area contributed by atoms with E-state index in [9.17, 15) is 0 Å². The van der Waals surface area contributed by atoms with E-state index in [4.69, 9.17) is 17.5 Å². The van der Waals surface area contributed by atoms with Crippen LogP contribution in [-0.2, 0) is 23.9 Å². The van der Waals surface area contributed by atoms with E-state index in [-0.39, 0.29) is 89.0 Å². The molecular formula is Ca2O4S2. The smallest absolute Gasteiger partial charge is 2.00 e. The van der Waals surface area contributed by atoms with Gasteiger partial charge in [0.25, 0.3) is 0 Å². The van der Waals surface area contributed by atoms with Crippen molar-refractivity contribution in [3.63, 3.8) is 0 Å². The molecule has 0 aliphatic heterocycles. The van der Waals surface area contributed by atoms with Gasteiger partial charge in [-0.15, -0.1) is 0 Å². The maximum absolute atomic E-state index is 8.52. The maximum Gasteiger partial charge on any atom is 2.00 e. The molecule has 0 radical (unpaired) electrons. The molecule has 4 nitrogen and oxygen atoms in total. The molecule has 0 unspecified atom stereocenters. The van der Waals surface area contributed by atoms with Crippen molar-refractivity contribution in [2.24, 2.45) is 0 Å². The van der Waals surface area contributed by atoms with Crippen LogP contribution in [0.1, 0.15) is 0 Å². The Kier molecular flexibility index (Phi) is 27.3. The summed E-state index contributed by atoms with van der Waals surface area (Å²) >= 11 is 0. The van der Waals surface area contributed by atoms with Gasteiger partial charge in [0, 0.05) is 10.4 Å². The first kappa shape index (κ1) is 22.4. The Labute approximate surface area is 114 Å². The van der Waals surface area contributed by atoms with E-state index in [0.29, 0.717) is 0 Å². The van der Waals surface area contributed by atoms with Crippen LogP contribution in [0.25, 0.3) is 0 Å². The van der Waals surface area contributed by atoms with Crippen LogP contribution < -0.4 is 0 Å². The maximum atomic E-state index is 8.52. The molecule has 0 fully saturated rings. The van der Waals surface area contributed by atoms with Crippen molar-refractivity contribution in [2.45, 2.75) is 0 Å². The molecule has 0 N–H and O–H groups in total. The van der Waals surface area contributed by atoms with E-state index in [0.717, 1.165) is 0 Å². The standard InChI is InChI=1S/2Ca.H2O4S.S/c;;1-5(2,3)4;/h;;(H2,1,2,3,4);/q2*+2;;-2/p-2. The zero-order valence-electron chi connectivity index (χ0n) is 3.86. The first-order valence-corrected chi connectivity index (χ1v) is 2.00. The van der Waals surface area contributed by atoms with Crippen LogP contribution in [0.5, 0.6) is 0 Å². The third-order valence-corrected chi connectivity index (χ3v) is 0. The summed E-state index contributed by atoms with van der Waals surface area (Å²) in [5.74, 6) is 0. The van der Waals surface area contributed by atoms with Crippen molar-refractivity contribution >= 4 is 99.4 Å². The Bertz CT molecular complexity index is 95.2. The topological polar surface area (TPSA) is 80.3 Å². The van der Waals surface area contributed by atoms with Gasteiger partial charge >= 0.3 is 75.5 Å². The summed E-state index contributed by atoms with van der Waals surface area (Å²) in [6.07, 6.45) is 0. The summed E-state index contributed by atoms with van der Waals surface area (Å²) in [5, 5.41) is 0. The Hall–Kier alpha value is 2.74. The second-order valence-electron chi connectivity index (χ2n) is 0.408. The molecule has 0 atom stereocenters. The first-order valence-electron chi connectivity index (χ1n) is 0.667. The van der Waals surface area contributed by atoms with Gasteiger partial charge in [0.1, 0.15) is 0 Å². The Morgan fingerprint density at radius 2 is 1.00 bits per heavy atom. The Morgan fingerprint density at radius 1 is 1.00 bits per heavy atom. The normalized spacial score (nSPS) is 7.25. The van der Waals surface area contributed by atoms with Gasteiger partial charge in [-0.2, -0.15) is 0 Å². The molecule has 0 heterocycles. The molecule has 8 heavy (non-hydrogen) atoms. The summed E-state index contributed by atoms with van der Waals surface area (Å²) in [5.41, 5.74) is 0. The second-order valence-corrected chi connectivity index (χ2v) is 1.22. The fourth-order valence-corrected chi connectivity index (χ4v) is 0. The molecule has 0 bridgehead atoms. The SMILES string of the molecule is O=S(=O)([O-])[O-].[Ca+2].[Ca+2].[S-2]. The van der Waals surface area contributed by atoms with E-state index in [1.165, 1.54) is 0 Å². The van der Waals surface area contributed by atoms with Crippen molar-refractivity contribution < 1.29 is 17.5 Å². The van der Waals surface area contributed by atoms with Gasteiger partial charge in [-0.05, 0) is 0 Å². The van der Waals surface area contributed by atoms with Gasteiger partial charge in [0.05, 0.1) is 0 Å². The fraction of sp³-hybridized carbons (Fsp3) is 0. The minimum atomic E-state index is -5.17. The molecule has 0 aromatic carbocycles. The van der Waals surface area contributed by atoms with Crippen LogP contribution in [-0.4, -0.2) is 93.0 Å². The van der Waals surface area contributed by atoms with Crippen LogP contribution in [0.3, 0.4) is 0 Å². The molecule has 0 amide bonds. The number of hydrogen-bond acceptors (Lipinski definition) is 4. The van der Waals surface area contributed by atoms with Crippen LogP contribution in [0.4, 0.5) is 0 Å². The van der Waals surface area contributed by atoms with Crippen molar-refractivity contribution in [1.29, 1.82) is 0 Å². The van der Waals surface area contributed by atoms with E-state index in [1.807, 2.05) is 0 Å². The van der Waals surface area contributed by atoms with Crippen molar-refractivity contribution in [2.75, 3.05) is 0 Å². The molecule has 0 aliphatic rings. The minimum Gasteiger partial charge on any atom is -2.00 e. The first-order chi connectivity index (χ1) is 2.00. The molecule has 8 heteroatoms. The van der Waals surface area contributed by atoms with Gasteiger partial charge in [-0.25, -0.2) is 0 Å². The van der Waals surface area contributed by atoms with Crippen LogP contribution >= 0.6 is 0 Å². The Balaban J connectivity index is -0.0000000267. The van der Waals surface area contributed by atoms with E-state index >= 15 is 0 Å². The zero-order valence-corrected chi connectivity index (χ0v) is 9.91. The predicted octanol–water partition coefficient (Wildman–Crippen LogP) is -2.10. The molecule has 0 aliphatic carbocycles. The molecule has 0 saturated heterocycles. The van der Waals surface area contributed by atoms with E-state index in [2.05, 4.69) is 0 Å². The quantitative estimate of drug-likeness (QED) is 0.259. The van der Waals surface area contributed by atoms with Gasteiger partial charge in [-0.1, -0.05) is 0 Å². The molecule has 0 spiro atoms. The van der Waals surface area contributed by atoms with Crippen molar-refractivity contribution in [1.82, 2.24) is 0 Å². The molecule has 0 aromatic heterocycles. The third kappa shape index (κ3) is 69.8. The van der Waals surface area contributed by atoms with E-state index < -0.39 is 10.4 Å². The predicted molar refractivity (Wildman–Crippen MR) is 29.3 cm³/mol. The third-order valence-electron chi connectivity index (χ3n) is 0. The minimum absolute atomic E-state index is 0. The van der Waals surface area contributed by atoms with Crippen LogP contribution in [0, 0.1) is 0 Å². The van der Waals surface area contributed by atoms with Gasteiger partial charge in [0.15, 0.2) is 0 Å². The average Bonchev–Trinajstić information content (AvgIpc) is 0.722. The molecule has 0 aromatic rings.